The van der Waals surface area contributed by atoms with Gasteiger partial charge >= 0.3 is 6.18 Å². The van der Waals surface area contributed by atoms with Gasteiger partial charge in [-0.3, -0.25) is 14.0 Å². The zero-order valence-corrected chi connectivity index (χ0v) is 22.7. The molecule has 1 amide bonds. The van der Waals surface area contributed by atoms with Crippen molar-refractivity contribution >= 4 is 33.2 Å². The Bertz CT molecular complexity index is 1380. The summed E-state index contributed by atoms with van der Waals surface area (Å²) in [7, 11) is -4.37. The Morgan fingerprint density at radius 2 is 1.56 bits per heavy atom. The maximum Gasteiger partial charge on any atom is 0.417 e. The molecule has 3 aromatic rings. The van der Waals surface area contributed by atoms with E-state index in [1.807, 2.05) is 24.3 Å². The number of amides is 1. The van der Waals surface area contributed by atoms with Crippen LogP contribution in [0, 0.1) is 0 Å². The van der Waals surface area contributed by atoms with Crippen LogP contribution in [0.5, 0.6) is 0 Å². The van der Waals surface area contributed by atoms with Gasteiger partial charge in [0.25, 0.3) is 10.0 Å². The fourth-order valence-corrected chi connectivity index (χ4v) is 6.10. The highest BCUT2D eigenvalue weighted by atomic mass is 35.5. The van der Waals surface area contributed by atoms with Crippen LogP contribution in [0.4, 0.5) is 18.9 Å². The van der Waals surface area contributed by atoms with Gasteiger partial charge in [-0.15, -0.1) is 0 Å². The summed E-state index contributed by atoms with van der Waals surface area (Å²) in [5, 5.41) is 2.10. The molecule has 0 spiro atoms. The predicted molar refractivity (Wildman–Crippen MR) is 145 cm³/mol. The van der Waals surface area contributed by atoms with Crippen molar-refractivity contribution in [2.24, 2.45) is 0 Å². The van der Waals surface area contributed by atoms with E-state index in [4.69, 9.17) is 11.6 Å². The van der Waals surface area contributed by atoms with E-state index in [-0.39, 0.29) is 17.1 Å². The molecular weight excluding hydrogens is 551 g/mol. The quantitative estimate of drug-likeness (QED) is 0.345. The molecule has 0 bridgehead atoms. The molecule has 1 fully saturated rings. The van der Waals surface area contributed by atoms with Crippen LogP contribution < -0.4 is 9.62 Å². The number of nitrogens with zero attached hydrogens (tertiary/aromatic N) is 2. The van der Waals surface area contributed by atoms with Gasteiger partial charge in [0.15, 0.2) is 0 Å². The third kappa shape index (κ3) is 7.52. The topological polar surface area (TPSA) is 69.7 Å². The van der Waals surface area contributed by atoms with Crippen molar-refractivity contribution in [2.75, 3.05) is 23.9 Å². The Labute approximate surface area is 231 Å². The minimum absolute atomic E-state index is 0.135. The Kier molecular flexibility index (Phi) is 9.19. The van der Waals surface area contributed by atoms with Gasteiger partial charge in [0.2, 0.25) is 5.91 Å². The molecule has 0 saturated carbocycles. The molecule has 1 N–H and O–H groups in total. The number of benzene rings is 3. The summed E-state index contributed by atoms with van der Waals surface area (Å²) < 4.78 is 68.0. The molecule has 11 heteroatoms. The zero-order chi connectivity index (χ0) is 28.0. The second kappa shape index (κ2) is 12.4. The van der Waals surface area contributed by atoms with Crippen LogP contribution in [0.25, 0.3) is 0 Å². The van der Waals surface area contributed by atoms with Gasteiger partial charge in [-0.1, -0.05) is 60.5 Å². The van der Waals surface area contributed by atoms with Crippen LogP contribution in [0.1, 0.15) is 36.0 Å². The molecule has 4 rings (SSSR count). The number of hydrogen-bond acceptors (Lipinski definition) is 4. The lowest BCUT2D eigenvalue weighted by molar-refractivity contribution is -0.137. The normalized spacial score (nSPS) is 14.7. The first-order valence-electron chi connectivity index (χ1n) is 12.6. The number of carbonyl (C=O) groups excluding carboxylic acids is 1. The van der Waals surface area contributed by atoms with Gasteiger partial charge in [0.05, 0.1) is 21.2 Å². The van der Waals surface area contributed by atoms with E-state index < -0.39 is 39.2 Å². The van der Waals surface area contributed by atoms with Gasteiger partial charge in [-0.2, -0.15) is 13.2 Å². The van der Waals surface area contributed by atoms with Gasteiger partial charge in [0, 0.05) is 13.1 Å². The van der Waals surface area contributed by atoms with Crippen molar-refractivity contribution in [3.05, 3.63) is 94.5 Å². The summed E-state index contributed by atoms with van der Waals surface area (Å²) in [4.78, 5) is 15.1. The second-order valence-electron chi connectivity index (χ2n) is 9.42. The molecule has 3 aromatic carbocycles. The average molecular weight is 580 g/mol. The molecular formula is C28H29ClF3N3O3S. The van der Waals surface area contributed by atoms with Crippen molar-refractivity contribution in [3.63, 3.8) is 0 Å². The summed E-state index contributed by atoms with van der Waals surface area (Å²) in [6, 6.07) is 17.7. The SMILES string of the molecule is O=C(CN(c1ccc(Cl)c(C(F)(F)F)c1)S(=O)(=O)c1ccccc1)NCc1ccc(CN2CCCCC2)cc1. The molecule has 6 nitrogen and oxygen atoms in total. The number of likely N-dealkylation sites (tertiary alicyclic amines) is 1. The van der Waals surface area contributed by atoms with Crippen molar-refractivity contribution in [1.82, 2.24) is 10.2 Å². The molecule has 1 saturated heterocycles. The third-order valence-electron chi connectivity index (χ3n) is 6.53. The predicted octanol–water partition coefficient (Wildman–Crippen LogP) is 5.86. The van der Waals surface area contributed by atoms with Crippen molar-refractivity contribution < 1.29 is 26.4 Å². The third-order valence-corrected chi connectivity index (χ3v) is 8.65. The zero-order valence-electron chi connectivity index (χ0n) is 21.1. The lowest BCUT2D eigenvalue weighted by Crippen LogP contribution is -2.40. The van der Waals surface area contributed by atoms with Gasteiger partial charge < -0.3 is 5.32 Å². The summed E-state index contributed by atoms with van der Waals surface area (Å²) in [5.41, 5.74) is 0.456. The lowest BCUT2D eigenvalue weighted by atomic mass is 10.1. The molecule has 0 aromatic heterocycles. The Balaban J connectivity index is 1.50. The Morgan fingerprint density at radius 3 is 2.21 bits per heavy atom. The second-order valence-corrected chi connectivity index (χ2v) is 11.7. The summed E-state index contributed by atoms with van der Waals surface area (Å²) in [6.07, 6.45) is -1.14. The standard InChI is InChI=1S/C28H29ClF3N3O3S/c29-26-14-13-23(17-25(26)28(30,31)32)35(39(37,38)24-7-3-1-4-8-24)20-27(36)33-18-21-9-11-22(12-10-21)19-34-15-5-2-6-16-34/h1,3-4,7-14,17H,2,5-6,15-16,18-20H2,(H,33,36). The number of piperidine rings is 1. The van der Waals surface area contributed by atoms with Gasteiger partial charge in [0.1, 0.15) is 6.54 Å². The maximum atomic E-state index is 13.5. The number of alkyl halides is 3. The molecule has 1 aliphatic heterocycles. The van der Waals surface area contributed by atoms with E-state index in [9.17, 15) is 26.4 Å². The number of nitrogens with one attached hydrogen (secondary N) is 1. The molecule has 0 radical (unpaired) electrons. The molecule has 0 aliphatic carbocycles. The van der Waals surface area contributed by atoms with Crippen molar-refractivity contribution in [1.29, 1.82) is 0 Å². The highest BCUT2D eigenvalue weighted by Crippen LogP contribution is 2.38. The number of hydrogen-bond donors (Lipinski definition) is 1. The maximum absolute atomic E-state index is 13.5. The Morgan fingerprint density at radius 1 is 0.923 bits per heavy atom. The average Bonchev–Trinajstić information content (AvgIpc) is 2.92. The number of rotatable bonds is 9. The summed E-state index contributed by atoms with van der Waals surface area (Å²) in [6.45, 7) is 2.44. The largest absolute Gasteiger partial charge is 0.417 e. The van der Waals surface area contributed by atoms with Crippen LogP contribution in [0.15, 0.2) is 77.7 Å². The smallest absolute Gasteiger partial charge is 0.350 e. The van der Waals surface area contributed by atoms with Crippen LogP contribution in [0.2, 0.25) is 5.02 Å². The Hall–Kier alpha value is -3.08. The van der Waals surface area contributed by atoms with E-state index in [0.29, 0.717) is 10.4 Å². The molecule has 0 atom stereocenters. The van der Waals surface area contributed by atoms with Gasteiger partial charge in [-0.25, -0.2) is 8.42 Å². The fourth-order valence-electron chi connectivity index (χ4n) is 4.45. The van der Waals surface area contributed by atoms with Crippen molar-refractivity contribution in [2.45, 2.75) is 43.4 Å². The highest BCUT2D eigenvalue weighted by molar-refractivity contribution is 7.92. The summed E-state index contributed by atoms with van der Waals surface area (Å²) >= 11 is 5.74. The minimum atomic E-state index is -4.81. The number of anilines is 1. The first-order chi connectivity index (χ1) is 18.5. The fraction of sp³-hybridized carbons (Fsp3) is 0.321. The van der Waals surface area contributed by atoms with E-state index in [1.165, 1.54) is 43.5 Å². The van der Waals surface area contributed by atoms with Crippen LogP contribution >= 0.6 is 11.6 Å². The minimum Gasteiger partial charge on any atom is -0.350 e. The van der Waals surface area contributed by atoms with E-state index >= 15 is 0 Å². The highest BCUT2D eigenvalue weighted by Gasteiger charge is 2.35. The lowest BCUT2D eigenvalue weighted by Gasteiger charge is -2.26. The molecule has 208 valence electrons. The van der Waals surface area contributed by atoms with E-state index in [0.717, 1.165) is 42.9 Å². The summed E-state index contributed by atoms with van der Waals surface area (Å²) in [5.74, 6) is -0.671. The first-order valence-corrected chi connectivity index (χ1v) is 14.4. The van der Waals surface area contributed by atoms with E-state index in [1.54, 1.807) is 6.07 Å². The van der Waals surface area contributed by atoms with Crippen LogP contribution in [0.3, 0.4) is 0 Å². The van der Waals surface area contributed by atoms with E-state index in [2.05, 4.69) is 10.2 Å². The van der Waals surface area contributed by atoms with Crippen molar-refractivity contribution in [3.8, 4) is 0 Å². The molecule has 39 heavy (non-hydrogen) atoms. The molecule has 1 heterocycles. The monoisotopic (exact) mass is 579 g/mol. The molecule has 1 aliphatic rings. The van der Waals surface area contributed by atoms with Crippen LogP contribution in [-0.2, 0) is 34.1 Å². The number of halogens is 4. The molecule has 0 unspecified atom stereocenters. The number of sulfonamides is 1. The van der Waals surface area contributed by atoms with Gasteiger partial charge in [-0.05, 0) is 67.4 Å². The first kappa shape index (κ1) is 28.9. The van der Waals surface area contributed by atoms with Crippen LogP contribution in [-0.4, -0.2) is 38.9 Å². The number of carbonyl (C=O) groups is 1.